The maximum atomic E-state index is 5.16. The molecule has 5 heteroatoms. The molecule has 1 saturated heterocycles. The van der Waals surface area contributed by atoms with Crippen LogP contribution in [0.2, 0.25) is 0 Å². The molecule has 0 saturated carbocycles. The zero-order valence-electron chi connectivity index (χ0n) is 7.78. The van der Waals surface area contributed by atoms with E-state index in [1.54, 1.807) is 11.8 Å². The number of hydrogen-bond donors (Lipinski definition) is 1. The van der Waals surface area contributed by atoms with Crippen molar-refractivity contribution >= 4 is 11.8 Å². The summed E-state index contributed by atoms with van der Waals surface area (Å²) in [5.74, 6) is 2.07. The minimum Gasteiger partial charge on any atom is -0.338 e. The predicted octanol–water partition coefficient (Wildman–Crippen LogP) is 1.18. The fraction of sp³-hybridized carbons (Fsp3) is 0.750. The molecule has 0 amide bonds. The van der Waals surface area contributed by atoms with E-state index in [0.717, 1.165) is 24.8 Å². The maximum absolute atomic E-state index is 5.16. The zero-order chi connectivity index (χ0) is 9.26. The molecule has 0 aliphatic carbocycles. The first kappa shape index (κ1) is 9.02. The maximum Gasteiger partial charge on any atom is 0.239 e. The van der Waals surface area contributed by atoms with Crippen molar-refractivity contribution in [3.8, 4) is 0 Å². The SMILES string of the molecule is CSC(C)c1nc(C2CNC2)no1. The van der Waals surface area contributed by atoms with Crippen LogP contribution in [0, 0.1) is 0 Å². The Morgan fingerprint density at radius 1 is 1.62 bits per heavy atom. The van der Waals surface area contributed by atoms with Crippen molar-refractivity contribution in [3.05, 3.63) is 11.7 Å². The van der Waals surface area contributed by atoms with E-state index in [1.807, 2.05) is 6.26 Å². The highest BCUT2D eigenvalue weighted by atomic mass is 32.2. The second-order valence-corrected chi connectivity index (χ2v) is 4.40. The van der Waals surface area contributed by atoms with Gasteiger partial charge in [-0.2, -0.15) is 16.7 Å². The van der Waals surface area contributed by atoms with Crippen molar-refractivity contribution in [1.82, 2.24) is 15.5 Å². The Bertz CT molecular complexity index is 265. The van der Waals surface area contributed by atoms with Gasteiger partial charge in [-0.3, -0.25) is 0 Å². The number of aromatic nitrogens is 2. The molecule has 1 unspecified atom stereocenters. The van der Waals surface area contributed by atoms with Gasteiger partial charge in [0.2, 0.25) is 5.89 Å². The molecule has 4 nitrogen and oxygen atoms in total. The summed E-state index contributed by atoms with van der Waals surface area (Å²) < 4.78 is 5.16. The van der Waals surface area contributed by atoms with Gasteiger partial charge in [-0.05, 0) is 13.2 Å². The number of nitrogens with one attached hydrogen (secondary N) is 1. The highest BCUT2D eigenvalue weighted by molar-refractivity contribution is 7.98. The standard InChI is InChI=1S/C8H13N3OS/c1-5(13-2)8-10-7(11-12-8)6-3-9-4-6/h5-6,9H,3-4H2,1-2H3. The van der Waals surface area contributed by atoms with Gasteiger partial charge < -0.3 is 9.84 Å². The van der Waals surface area contributed by atoms with E-state index in [9.17, 15) is 0 Å². The molecule has 1 aliphatic heterocycles. The van der Waals surface area contributed by atoms with E-state index in [0.29, 0.717) is 11.2 Å². The van der Waals surface area contributed by atoms with Gasteiger partial charge in [0.1, 0.15) is 0 Å². The normalized spacial score (nSPS) is 19.8. The van der Waals surface area contributed by atoms with Gasteiger partial charge in [0.25, 0.3) is 0 Å². The fourth-order valence-corrected chi connectivity index (χ4v) is 1.45. The van der Waals surface area contributed by atoms with E-state index in [2.05, 4.69) is 22.4 Å². The van der Waals surface area contributed by atoms with Crippen molar-refractivity contribution in [1.29, 1.82) is 0 Å². The Morgan fingerprint density at radius 2 is 2.38 bits per heavy atom. The van der Waals surface area contributed by atoms with Gasteiger partial charge in [-0.1, -0.05) is 5.16 Å². The molecule has 13 heavy (non-hydrogen) atoms. The Balaban J connectivity index is 2.08. The molecule has 1 atom stereocenters. The fourth-order valence-electron chi connectivity index (χ4n) is 1.15. The van der Waals surface area contributed by atoms with Crippen LogP contribution in [0.25, 0.3) is 0 Å². The van der Waals surface area contributed by atoms with Crippen molar-refractivity contribution in [2.75, 3.05) is 19.3 Å². The van der Waals surface area contributed by atoms with Gasteiger partial charge in [-0.25, -0.2) is 0 Å². The average Bonchev–Trinajstić information content (AvgIpc) is 2.49. The Morgan fingerprint density at radius 3 is 2.92 bits per heavy atom. The molecule has 0 spiro atoms. The second kappa shape index (κ2) is 3.67. The Hall–Kier alpha value is -0.550. The lowest BCUT2D eigenvalue weighted by molar-refractivity contribution is 0.357. The molecular formula is C8H13N3OS. The summed E-state index contributed by atoms with van der Waals surface area (Å²) in [5, 5.41) is 7.45. The molecule has 2 heterocycles. The summed E-state index contributed by atoms with van der Waals surface area (Å²) in [6.07, 6.45) is 2.04. The Labute approximate surface area is 81.5 Å². The number of nitrogens with zero attached hydrogens (tertiary/aromatic N) is 2. The highest BCUT2D eigenvalue weighted by Gasteiger charge is 2.25. The van der Waals surface area contributed by atoms with Crippen LogP contribution >= 0.6 is 11.8 Å². The van der Waals surface area contributed by atoms with Crippen LogP contribution in [0.3, 0.4) is 0 Å². The summed E-state index contributed by atoms with van der Waals surface area (Å²) in [5.41, 5.74) is 0. The first-order valence-corrected chi connectivity index (χ1v) is 5.67. The average molecular weight is 199 g/mol. The van der Waals surface area contributed by atoms with Crippen LogP contribution in [0.15, 0.2) is 4.52 Å². The van der Waals surface area contributed by atoms with Crippen LogP contribution in [0.4, 0.5) is 0 Å². The second-order valence-electron chi connectivity index (χ2n) is 3.22. The zero-order valence-corrected chi connectivity index (χ0v) is 8.60. The lowest BCUT2D eigenvalue weighted by Crippen LogP contribution is -2.40. The topological polar surface area (TPSA) is 51.0 Å². The quantitative estimate of drug-likeness (QED) is 0.792. The molecule has 1 fully saturated rings. The van der Waals surface area contributed by atoms with Gasteiger partial charge >= 0.3 is 0 Å². The third kappa shape index (κ3) is 1.71. The summed E-state index contributed by atoms with van der Waals surface area (Å²) in [6, 6.07) is 0. The lowest BCUT2D eigenvalue weighted by Gasteiger charge is -2.23. The molecule has 0 bridgehead atoms. The van der Waals surface area contributed by atoms with E-state index >= 15 is 0 Å². The molecule has 1 aromatic heterocycles. The largest absolute Gasteiger partial charge is 0.338 e. The molecule has 2 rings (SSSR count). The van der Waals surface area contributed by atoms with Gasteiger partial charge in [-0.15, -0.1) is 0 Å². The molecular weight excluding hydrogens is 186 g/mol. The van der Waals surface area contributed by atoms with E-state index in [4.69, 9.17) is 4.52 Å². The monoisotopic (exact) mass is 199 g/mol. The van der Waals surface area contributed by atoms with Crippen LogP contribution in [0.5, 0.6) is 0 Å². The number of hydrogen-bond acceptors (Lipinski definition) is 5. The third-order valence-corrected chi connectivity index (χ3v) is 3.21. The van der Waals surface area contributed by atoms with Crippen LogP contribution in [-0.2, 0) is 0 Å². The van der Waals surface area contributed by atoms with Crippen molar-refractivity contribution < 1.29 is 4.52 Å². The molecule has 1 N–H and O–H groups in total. The Kier molecular flexibility index (Phi) is 2.55. The van der Waals surface area contributed by atoms with E-state index in [-0.39, 0.29) is 0 Å². The van der Waals surface area contributed by atoms with Crippen LogP contribution in [-0.4, -0.2) is 29.5 Å². The van der Waals surface area contributed by atoms with E-state index in [1.165, 1.54) is 0 Å². The first-order chi connectivity index (χ1) is 6.31. The molecule has 0 aromatic carbocycles. The smallest absolute Gasteiger partial charge is 0.239 e. The van der Waals surface area contributed by atoms with E-state index < -0.39 is 0 Å². The summed E-state index contributed by atoms with van der Waals surface area (Å²) in [7, 11) is 0. The minimum absolute atomic E-state index is 0.300. The van der Waals surface area contributed by atoms with Crippen molar-refractivity contribution in [3.63, 3.8) is 0 Å². The summed E-state index contributed by atoms with van der Waals surface area (Å²) >= 11 is 1.72. The highest BCUT2D eigenvalue weighted by Crippen LogP contribution is 2.25. The van der Waals surface area contributed by atoms with Crippen molar-refractivity contribution in [2.45, 2.75) is 18.1 Å². The molecule has 1 aromatic rings. The lowest BCUT2D eigenvalue weighted by atomic mass is 10.0. The first-order valence-electron chi connectivity index (χ1n) is 4.38. The summed E-state index contributed by atoms with van der Waals surface area (Å²) in [4.78, 5) is 4.36. The third-order valence-electron chi connectivity index (χ3n) is 2.31. The van der Waals surface area contributed by atoms with Crippen LogP contribution in [0.1, 0.15) is 29.8 Å². The molecule has 72 valence electrons. The molecule has 1 aliphatic rings. The van der Waals surface area contributed by atoms with Crippen LogP contribution < -0.4 is 5.32 Å². The number of rotatable bonds is 3. The number of thioether (sulfide) groups is 1. The predicted molar refractivity (Wildman–Crippen MR) is 51.8 cm³/mol. The minimum atomic E-state index is 0.300. The van der Waals surface area contributed by atoms with Gasteiger partial charge in [0.05, 0.1) is 5.25 Å². The summed E-state index contributed by atoms with van der Waals surface area (Å²) in [6.45, 7) is 4.03. The van der Waals surface area contributed by atoms with Crippen molar-refractivity contribution in [2.24, 2.45) is 0 Å². The molecule has 0 radical (unpaired) electrons. The van der Waals surface area contributed by atoms with Gasteiger partial charge in [0.15, 0.2) is 5.82 Å². The van der Waals surface area contributed by atoms with Gasteiger partial charge in [0, 0.05) is 19.0 Å².